The Bertz CT molecular complexity index is 60.7. The van der Waals surface area contributed by atoms with E-state index in [0.29, 0.717) is 0 Å². The second-order valence-electron chi connectivity index (χ2n) is 1.24. The van der Waals surface area contributed by atoms with Crippen LogP contribution in [0.1, 0.15) is 6.92 Å². The van der Waals surface area contributed by atoms with Crippen molar-refractivity contribution in [3.8, 4) is 0 Å². The Morgan fingerprint density at radius 1 is 1.86 bits per heavy atom. The zero-order valence-electron chi connectivity index (χ0n) is 3.64. The third-order valence-electron chi connectivity index (χ3n) is 0.422. The molecule has 0 rings (SSSR count). The maximum atomic E-state index is 9.64. The molecule has 0 aliphatic heterocycles. The van der Waals surface area contributed by atoms with Crippen LogP contribution in [0.3, 0.4) is 0 Å². The summed E-state index contributed by atoms with van der Waals surface area (Å²) in [4.78, 5) is 9.64. The van der Waals surface area contributed by atoms with Crippen LogP contribution in [0.25, 0.3) is 0 Å². The molecule has 1 atom stereocenters. The van der Waals surface area contributed by atoms with Gasteiger partial charge in [-0.15, -0.1) is 0 Å². The van der Waals surface area contributed by atoms with Crippen LogP contribution in [0.15, 0.2) is 0 Å². The van der Waals surface area contributed by atoms with E-state index in [1.807, 2.05) is 0 Å². The minimum atomic E-state index is -0.852. The molecule has 37 valence electrons. The van der Waals surface area contributed by atoms with Gasteiger partial charge in [-0.05, 0) is 6.92 Å². The zero-order valence-corrected chi connectivity index (χ0v) is 3.64. The van der Waals surface area contributed by atoms with Crippen molar-refractivity contribution in [1.29, 1.82) is 0 Å². The molecule has 0 spiro atoms. The van der Waals surface area contributed by atoms with Crippen LogP contribution >= 0.6 is 0 Å². The van der Waals surface area contributed by atoms with Crippen molar-refractivity contribution >= 4 is 35.5 Å². The summed E-state index contributed by atoms with van der Waals surface area (Å²) in [5.74, 6) is -1.33. The molecule has 0 saturated heterocycles. The van der Waals surface area contributed by atoms with Gasteiger partial charge < -0.3 is 5.11 Å². The SMILES string of the molecule is [CH2]C(C)C(=O)O.[NaH]. The van der Waals surface area contributed by atoms with E-state index in [1.54, 1.807) is 0 Å². The molecule has 0 bridgehead atoms. The van der Waals surface area contributed by atoms with Crippen molar-refractivity contribution in [1.82, 2.24) is 0 Å². The Hall–Kier alpha value is 0.470. The van der Waals surface area contributed by atoms with Crippen molar-refractivity contribution in [3.05, 3.63) is 6.92 Å². The van der Waals surface area contributed by atoms with Crippen LogP contribution in [-0.2, 0) is 4.79 Å². The van der Waals surface area contributed by atoms with Crippen molar-refractivity contribution in [3.63, 3.8) is 0 Å². The number of aliphatic carboxylic acids is 1. The van der Waals surface area contributed by atoms with Gasteiger partial charge in [0, 0.05) is 0 Å². The fourth-order valence-corrected chi connectivity index (χ4v) is 0. The van der Waals surface area contributed by atoms with E-state index in [9.17, 15) is 4.79 Å². The molecule has 0 saturated carbocycles. The van der Waals surface area contributed by atoms with E-state index >= 15 is 0 Å². The van der Waals surface area contributed by atoms with Gasteiger partial charge in [-0.3, -0.25) is 4.79 Å². The number of carbonyl (C=O) groups is 1. The summed E-state index contributed by atoms with van der Waals surface area (Å²) in [6.07, 6.45) is 0. The number of hydrogen-bond acceptors (Lipinski definition) is 1. The summed E-state index contributed by atoms with van der Waals surface area (Å²) in [5.41, 5.74) is 0. The Morgan fingerprint density at radius 3 is 2.00 bits per heavy atom. The van der Waals surface area contributed by atoms with Gasteiger partial charge in [-0.1, -0.05) is 6.92 Å². The first kappa shape index (κ1) is 10.5. The molecule has 1 unspecified atom stereocenters. The van der Waals surface area contributed by atoms with Gasteiger partial charge in [0.1, 0.15) is 0 Å². The number of carboxylic acid groups (broad SMARTS) is 1. The van der Waals surface area contributed by atoms with Crippen molar-refractivity contribution < 1.29 is 9.90 Å². The van der Waals surface area contributed by atoms with Crippen molar-refractivity contribution in [2.45, 2.75) is 6.92 Å². The van der Waals surface area contributed by atoms with Crippen LogP contribution < -0.4 is 0 Å². The van der Waals surface area contributed by atoms with E-state index in [-0.39, 0.29) is 29.6 Å². The van der Waals surface area contributed by atoms with Gasteiger partial charge in [-0.25, -0.2) is 0 Å². The average Bonchev–Trinajstić information content (AvgIpc) is 1.36. The maximum absolute atomic E-state index is 9.64. The van der Waals surface area contributed by atoms with Gasteiger partial charge in [0.15, 0.2) is 0 Å². The molecule has 0 aromatic rings. The molecule has 0 amide bonds. The molecular formula is C4H8NaO2. The van der Waals surface area contributed by atoms with E-state index in [0.717, 1.165) is 0 Å². The Balaban J connectivity index is 0. The Labute approximate surface area is 65.2 Å². The first-order valence-electron chi connectivity index (χ1n) is 1.70. The summed E-state index contributed by atoms with van der Waals surface area (Å²) >= 11 is 0. The second-order valence-corrected chi connectivity index (χ2v) is 1.24. The van der Waals surface area contributed by atoms with Crippen LogP contribution in [0.5, 0.6) is 0 Å². The molecular weight excluding hydrogens is 103 g/mol. The predicted octanol–water partition coefficient (Wildman–Crippen LogP) is -0.107. The van der Waals surface area contributed by atoms with Crippen molar-refractivity contribution in [2.75, 3.05) is 0 Å². The summed E-state index contributed by atoms with van der Waals surface area (Å²) in [7, 11) is 0. The van der Waals surface area contributed by atoms with E-state index in [2.05, 4.69) is 6.92 Å². The third kappa shape index (κ3) is 6.47. The first-order chi connectivity index (χ1) is 2.64. The first-order valence-corrected chi connectivity index (χ1v) is 1.70. The number of carboxylic acids is 1. The van der Waals surface area contributed by atoms with Crippen molar-refractivity contribution in [2.24, 2.45) is 5.92 Å². The molecule has 0 fully saturated rings. The molecule has 7 heavy (non-hydrogen) atoms. The standard InChI is InChI=1S/C4H7O2.Na.H/c1-3(2)4(5)6;;/h3H,1H2,2H3,(H,5,6);;. The molecule has 0 aliphatic carbocycles. The number of hydrogen-bond donors (Lipinski definition) is 1. The van der Waals surface area contributed by atoms with Gasteiger partial charge >= 0.3 is 35.5 Å². The van der Waals surface area contributed by atoms with Gasteiger partial charge in [-0.2, -0.15) is 0 Å². The molecule has 1 radical (unpaired) electrons. The van der Waals surface area contributed by atoms with E-state index in [4.69, 9.17) is 5.11 Å². The van der Waals surface area contributed by atoms with Gasteiger partial charge in [0.25, 0.3) is 0 Å². The number of rotatable bonds is 1. The fraction of sp³-hybridized carbons (Fsp3) is 0.500. The quantitative estimate of drug-likeness (QED) is 0.479. The molecule has 1 N–H and O–H groups in total. The van der Waals surface area contributed by atoms with E-state index < -0.39 is 11.9 Å². The van der Waals surface area contributed by atoms with Crippen LogP contribution in [0.4, 0.5) is 0 Å². The van der Waals surface area contributed by atoms with Gasteiger partial charge in [0.05, 0.1) is 5.92 Å². The average molecular weight is 111 g/mol. The van der Waals surface area contributed by atoms with Crippen LogP contribution in [-0.4, -0.2) is 40.6 Å². The summed E-state index contributed by atoms with van der Waals surface area (Å²) in [6, 6.07) is 0. The molecule has 0 heterocycles. The minimum absolute atomic E-state index is 0. The summed E-state index contributed by atoms with van der Waals surface area (Å²) in [5, 5.41) is 7.93. The molecule has 0 aromatic carbocycles. The predicted molar refractivity (Wildman–Crippen MR) is 29.3 cm³/mol. The fourth-order valence-electron chi connectivity index (χ4n) is 0. The van der Waals surface area contributed by atoms with E-state index in [1.165, 1.54) is 6.92 Å². The Morgan fingerprint density at radius 2 is 2.00 bits per heavy atom. The van der Waals surface area contributed by atoms with Crippen LogP contribution in [0, 0.1) is 12.8 Å². The summed E-state index contributed by atoms with van der Waals surface area (Å²) in [6.45, 7) is 4.77. The third-order valence-corrected chi connectivity index (χ3v) is 0.422. The zero-order chi connectivity index (χ0) is 5.15. The molecule has 3 heteroatoms. The topological polar surface area (TPSA) is 37.3 Å². The monoisotopic (exact) mass is 111 g/mol. The molecule has 0 aliphatic rings. The van der Waals surface area contributed by atoms with Crippen LogP contribution in [0.2, 0.25) is 0 Å². The summed E-state index contributed by atoms with van der Waals surface area (Å²) < 4.78 is 0. The molecule has 0 aromatic heterocycles. The second kappa shape index (κ2) is 4.62. The molecule has 2 nitrogen and oxygen atoms in total. The van der Waals surface area contributed by atoms with Gasteiger partial charge in [0.2, 0.25) is 0 Å². The normalized spacial score (nSPS) is 7.86. The Kier molecular flexibility index (Phi) is 6.90.